The predicted octanol–water partition coefficient (Wildman–Crippen LogP) is 9.22. The van der Waals surface area contributed by atoms with Gasteiger partial charge in [-0.15, -0.1) is 0 Å². The standard InChI is InChI=1S/C24H51O4P/c1-10-19-22(13-4,14-5)26-29(25,27-23(15-6,16-7)20-11-2)28-24(17-8,18-9)21-12-3/h10-21H2,1-9H3. The van der Waals surface area contributed by atoms with Crippen LogP contribution in [0.2, 0.25) is 0 Å². The van der Waals surface area contributed by atoms with E-state index < -0.39 is 24.6 Å². The van der Waals surface area contributed by atoms with Crippen molar-refractivity contribution in [3.05, 3.63) is 0 Å². The minimum absolute atomic E-state index is 0.469. The fraction of sp³-hybridized carbons (Fsp3) is 1.00. The molecule has 0 atom stereocenters. The smallest absolute Gasteiger partial charge is 0.280 e. The van der Waals surface area contributed by atoms with Crippen LogP contribution in [0.15, 0.2) is 0 Å². The van der Waals surface area contributed by atoms with Gasteiger partial charge >= 0.3 is 7.82 Å². The van der Waals surface area contributed by atoms with Gasteiger partial charge in [-0.25, -0.2) is 4.57 Å². The minimum atomic E-state index is -3.77. The number of hydrogen-bond acceptors (Lipinski definition) is 4. The normalized spacial score (nSPS) is 13.8. The maximum atomic E-state index is 14.4. The van der Waals surface area contributed by atoms with Crippen molar-refractivity contribution in [2.75, 3.05) is 0 Å². The molecule has 0 N–H and O–H groups in total. The van der Waals surface area contributed by atoms with Crippen LogP contribution in [-0.4, -0.2) is 16.8 Å². The molecule has 0 amide bonds. The highest BCUT2D eigenvalue weighted by Gasteiger charge is 2.48. The molecular weight excluding hydrogens is 383 g/mol. The summed E-state index contributed by atoms with van der Waals surface area (Å²) in [6, 6.07) is 0. The van der Waals surface area contributed by atoms with Crippen molar-refractivity contribution in [1.29, 1.82) is 0 Å². The van der Waals surface area contributed by atoms with E-state index in [2.05, 4.69) is 62.3 Å². The van der Waals surface area contributed by atoms with Gasteiger partial charge in [0.25, 0.3) is 0 Å². The number of hydrogen-bond donors (Lipinski definition) is 0. The Hall–Kier alpha value is 0.110. The molecule has 29 heavy (non-hydrogen) atoms. The first-order valence-electron chi connectivity index (χ1n) is 12.4. The lowest BCUT2D eigenvalue weighted by Crippen LogP contribution is -2.38. The van der Waals surface area contributed by atoms with Crippen LogP contribution < -0.4 is 0 Å². The van der Waals surface area contributed by atoms with Crippen molar-refractivity contribution >= 4 is 7.82 Å². The Labute approximate surface area is 182 Å². The first-order valence-corrected chi connectivity index (χ1v) is 13.8. The summed E-state index contributed by atoms with van der Waals surface area (Å²) in [7, 11) is -3.77. The number of rotatable bonds is 18. The Kier molecular flexibility index (Phi) is 13.6. The largest absolute Gasteiger partial charge is 0.476 e. The molecule has 5 heteroatoms. The van der Waals surface area contributed by atoms with Crippen LogP contribution in [0.25, 0.3) is 0 Å². The lowest BCUT2D eigenvalue weighted by molar-refractivity contribution is -0.0811. The minimum Gasteiger partial charge on any atom is -0.280 e. The molecule has 0 aliphatic rings. The zero-order valence-electron chi connectivity index (χ0n) is 21.1. The van der Waals surface area contributed by atoms with E-state index in [4.69, 9.17) is 13.6 Å². The van der Waals surface area contributed by atoms with Gasteiger partial charge in [-0.1, -0.05) is 81.6 Å². The van der Waals surface area contributed by atoms with Gasteiger partial charge in [-0.05, 0) is 57.8 Å². The SMILES string of the molecule is CCCC(CC)(CC)OP(=O)(OC(CC)(CC)CCC)OC(CC)(CC)CCC. The third kappa shape index (κ3) is 8.28. The zero-order valence-corrected chi connectivity index (χ0v) is 22.0. The fourth-order valence-corrected chi connectivity index (χ4v) is 7.05. The summed E-state index contributed by atoms with van der Waals surface area (Å²) in [5.74, 6) is 0. The van der Waals surface area contributed by atoms with Crippen molar-refractivity contribution in [2.45, 2.75) is 156 Å². The van der Waals surface area contributed by atoms with Gasteiger partial charge in [-0.2, -0.15) is 0 Å². The van der Waals surface area contributed by atoms with Crippen LogP contribution in [0.5, 0.6) is 0 Å². The van der Waals surface area contributed by atoms with Crippen LogP contribution in [0.4, 0.5) is 0 Å². The van der Waals surface area contributed by atoms with E-state index in [0.717, 1.165) is 77.0 Å². The summed E-state index contributed by atoms with van der Waals surface area (Å²) >= 11 is 0. The van der Waals surface area contributed by atoms with Gasteiger partial charge in [0.15, 0.2) is 0 Å². The van der Waals surface area contributed by atoms with Crippen LogP contribution in [0, 0.1) is 0 Å². The van der Waals surface area contributed by atoms with Crippen molar-refractivity contribution < 1.29 is 18.1 Å². The monoisotopic (exact) mass is 434 g/mol. The summed E-state index contributed by atoms with van der Waals surface area (Å²) in [5, 5.41) is 0. The molecule has 0 spiro atoms. The molecule has 0 aliphatic heterocycles. The molecule has 176 valence electrons. The molecule has 4 nitrogen and oxygen atoms in total. The van der Waals surface area contributed by atoms with Gasteiger partial charge in [-0.3, -0.25) is 13.6 Å². The highest BCUT2D eigenvalue weighted by atomic mass is 31.2. The fourth-order valence-electron chi connectivity index (χ4n) is 4.47. The quantitative estimate of drug-likeness (QED) is 0.202. The molecule has 0 rings (SSSR count). The molecule has 0 unspecified atom stereocenters. The van der Waals surface area contributed by atoms with Crippen molar-refractivity contribution in [2.24, 2.45) is 0 Å². The summed E-state index contributed by atoms with van der Waals surface area (Å²) in [6.45, 7) is 19.1. The van der Waals surface area contributed by atoms with E-state index in [9.17, 15) is 4.57 Å². The molecule has 0 aromatic rings. The average Bonchev–Trinajstić information content (AvgIpc) is 2.72. The van der Waals surface area contributed by atoms with Gasteiger partial charge in [0.05, 0.1) is 16.8 Å². The third-order valence-electron chi connectivity index (χ3n) is 6.90. The van der Waals surface area contributed by atoms with E-state index in [1.54, 1.807) is 0 Å². The second-order valence-corrected chi connectivity index (χ2v) is 10.1. The van der Waals surface area contributed by atoms with Gasteiger partial charge in [0.1, 0.15) is 0 Å². The first-order chi connectivity index (χ1) is 13.7. The highest BCUT2D eigenvalue weighted by Crippen LogP contribution is 2.62. The van der Waals surface area contributed by atoms with Crippen LogP contribution >= 0.6 is 7.82 Å². The highest BCUT2D eigenvalue weighted by molar-refractivity contribution is 7.48. The van der Waals surface area contributed by atoms with E-state index in [-0.39, 0.29) is 0 Å². The van der Waals surface area contributed by atoms with Crippen molar-refractivity contribution in [3.63, 3.8) is 0 Å². The Morgan fingerprint density at radius 2 is 0.690 bits per heavy atom. The molecule has 0 aromatic carbocycles. The maximum Gasteiger partial charge on any atom is 0.476 e. The van der Waals surface area contributed by atoms with Crippen LogP contribution in [-0.2, 0) is 18.1 Å². The lowest BCUT2D eigenvalue weighted by Gasteiger charge is -2.43. The molecule has 0 radical (unpaired) electrons. The maximum absolute atomic E-state index is 14.4. The Morgan fingerprint density at radius 3 is 0.828 bits per heavy atom. The Bertz CT molecular complexity index is 399. The molecule has 0 saturated heterocycles. The summed E-state index contributed by atoms with van der Waals surface area (Å²) in [4.78, 5) is 0. The Balaban J connectivity index is 6.24. The number of phosphoric acid groups is 1. The molecule has 0 aromatic heterocycles. The second-order valence-electron chi connectivity index (χ2n) is 8.64. The summed E-state index contributed by atoms with van der Waals surface area (Å²) in [6.07, 6.45) is 10.3. The summed E-state index contributed by atoms with van der Waals surface area (Å²) in [5.41, 5.74) is -1.41. The van der Waals surface area contributed by atoms with Crippen molar-refractivity contribution in [1.82, 2.24) is 0 Å². The average molecular weight is 435 g/mol. The lowest BCUT2D eigenvalue weighted by atomic mass is 9.92. The second kappa shape index (κ2) is 13.5. The van der Waals surface area contributed by atoms with Crippen LogP contribution in [0.1, 0.15) is 139 Å². The first kappa shape index (κ1) is 29.1. The van der Waals surface area contributed by atoms with E-state index in [0.29, 0.717) is 0 Å². The molecule has 0 bridgehead atoms. The predicted molar refractivity (Wildman–Crippen MR) is 126 cm³/mol. The molecule has 0 saturated carbocycles. The van der Waals surface area contributed by atoms with Crippen molar-refractivity contribution in [3.8, 4) is 0 Å². The van der Waals surface area contributed by atoms with Gasteiger partial charge < -0.3 is 0 Å². The van der Waals surface area contributed by atoms with Gasteiger partial charge in [0, 0.05) is 0 Å². The Morgan fingerprint density at radius 1 is 0.483 bits per heavy atom. The van der Waals surface area contributed by atoms with E-state index in [1.165, 1.54) is 0 Å². The number of phosphoric ester groups is 1. The van der Waals surface area contributed by atoms with E-state index in [1.807, 2.05) is 0 Å². The van der Waals surface area contributed by atoms with Gasteiger partial charge in [0.2, 0.25) is 0 Å². The van der Waals surface area contributed by atoms with Crippen LogP contribution in [0.3, 0.4) is 0 Å². The molecule has 0 fully saturated rings. The third-order valence-corrected chi connectivity index (χ3v) is 8.73. The summed E-state index contributed by atoms with van der Waals surface area (Å²) < 4.78 is 33.8. The molecular formula is C24H51O4P. The topological polar surface area (TPSA) is 44.8 Å². The molecule has 0 heterocycles. The van der Waals surface area contributed by atoms with E-state index >= 15 is 0 Å². The zero-order chi connectivity index (χ0) is 22.6. The molecule has 0 aliphatic carbocycles.